The lowest BCUT2D eigenvalue weighted by atomic mass is 10.00. The number of nitrogens with one attached hydrogen (secondary N) is 8. The first-order valence-corrected chi connectivity index (χ1v) is 22.8. The second kappa shape index (κ2) is 31.3. The minimum Gasteiger partial charge on any atom is -0.481 e. The smallest absolute Gasteiger partial charge is 0.326 e. The van der Waals surface area contributed by atoms with Crippen molar-refractivity contribution in [3.8, 4) is 0 Å². The van der Waals surface area contributed by atoms with Crippen LogP contribution in [0.5, 0.6) is 0 Å². The van der Waals surface area contributed by atoms with Gasteiger partial charge >= 0.3 is 23.9 Å². The molecule has 1 rings (SSSR count). The van der Waals surface area contributed by atoms with Crippen molar-refractivity contribution in [1.82, 2.24) is 42.5 Å². The van der Waals surface area contributed by atoms with Gasteiger partial charge in [-0.05, 0) is 64.4 Å². The van der Waals surface area contributed by atoms with Crippen LogP contribution in [0.15, 0.2) is 35.3 Å². The van der Waals surface area contributed by atoms with E-state index >= 15 is 0 Å². The highest BCUT2D eigenvalue weighted by atomic mass is 16.4. The third-order valence-corrected chi connectivity index (χ3v) is 10.3. The molecule has 0 aliphatic heterocycles. The summed E-state index contributed by atoms with van der Waals surface area (Å²) in [5.74, 6) is -14.2. The lowest BCUT2D eigenvalue weighted by molar-refractivity contribution is -0.147. The Morgan fingerprint density at radius 2 is 0.903 bits per heavy atom. The molecule has 0 spiro atoms. The second-order valence-electron chi connectivity index (χ2n) is 17.2. The molecular formula is C44H68N12O16. The van der Waals surface area contributed by atoms with Crippen LogP contribution in [0.25, 0.3) is 0 Å². The first-order valence-electron chi connectivity index (χ1n) is 22.8. The van der Waals surface area contributed by atoms with Gasteiger partial charge in [0.25, 0.3) is 0 Å². The number of rotatable bonds is 33. The summed E-state index contributed by atoms with van der Waals surface area (Å²) in [4.78, 5) is 157. The average molecular weight is 1020 g/mol. The number of guanidine groups is 1. The fourth-order valence-corrected chi connectivity index (χ4v) is 6.45. The van der Waals surface area contributed by atoms with Gasteiger partial charge in [0.1, 0.15) is 48.3 Å². The van der Waals surface area contributed by atoms with Crippen LogP contribution in [0.2, 0.25) is 0 Å². The molecule has 18 N–H and O–H groups in total. The Bertz CT molecular complexity index is 2120. The molecular weight excluding hydrogens is 953 g/mol. The Morgan fingerprint density at radius 1 is 0.500 bits per heavy atom. The van der Waals surface area contributed by atoms with Gasteiger partial charge < -0.3 is 80.2 Å². The van der Waals surface area contributed by atoms with Crippen LogP contribution in [0.4, 0.5) is 0 Å². The molecule has 0 aromatic heterocycles. The largest absolute Gasteiger partial charge is 0.481 e. The Labute approximate surface area is 414 Å². The highest BCUT2D eigenvalue weighted by molar-refractivity contribution is 5.98. The zero-order valence-corrected chi connectivity index (χ0v) is 40.6. The monoisotopic (exact) mass is 1020 g/mol. The predicted octanol–water partition coefficient (Wildman–Crippen LogP) is -4.12. The van der Waals surface area contributed by atoms with Gasteiger partial charge in [-0.15, -0.1) is 0 Å². The Morgan fingerprint density at radius 3 is 1.35 bits per heavy atom. The molecule has 9 atom stereocenters. The molecule has 0 saturated heterocycles. The molecule has 0 unspecified atom stereocenters. The quantitative estimate of drug-likeness (QED) is 0.0181. The maximum Gasteiger partial charge on any atom is 0.326 e. The molecule has 8 amide bonds. The van der Waals surface area contributed by atoms with Gasteiger partial charge in [-0.2, -0.15) is 0 Å². The van der Waals surface area contributed by atoms with Crippen LogP contribution in [0.3, 0.4) is 0 Å². The van der Waals surface area contributed by atoms with E-state index in [1.807, 2.05) is 5.32 Å². The number of aliphatic imine (C=N–C) groups is 1. The minimum absolute atomic E-state index is 0.0164. The van der Waals surface area contributed by atoms with E-state index in [4.69, 9.17) is 22.3 Å². The molecule has 0 heterocycles. The van der Waals surface area contributed by atoms with Crippen molar-refractivity contribution in [3.63, 3.8) is 0 Å². The standard InChI is InChI=1S/C44H68N12O16/c1-21(2)18-29(41(69)55-30(19-25-10-7-6-8-11-25)42(70)53-28(14-16-33(59)60)40(68)56-31(43(71)72)20-34(61)62)54-37(65)24(5)50-38(66)26(12-9-17-48-44(46)47)52-39(67)27(13-15-32(57)58)51-36(64)23(4)49-35(63)22(3)45/h6-8,10-11,21-24,26-31H,9,12-20,45H2,1-5H3,(H,49,63)(H,50,66)(H,51,64)(H,52,67)(H,53,70)(H,54,65)(H,55,69)(H,56,68)(H,57,58)(H,59,60)(H,61,62)(H,71,72)(H4,46,47,48)/t22-,23-,24-,26-,27-,28-,29-,30-,31-/m0/s1. The number of nitrogens with two attached hydrogens (primary N) is 3. The van der Waals surface area contributed by atoms with Gasteiger partial charge in [0.2, 0.25) is 47.3 Å². The van der Waals surface area contributed by atoms with E-state index in [0.29, 0.717) is 5.56 Å². The van der Waals surface area contributed by atoms with Crippen molar-refractivity contribution >= 4 is 77.1 Å². The number of carbonyl (C=O) groups excluding carboxylic acids is 8. The second-order valence-corrected chi connectivity index (χ2v) is 17.2. The zero-order chi connectivity index (χ0) is 54.8. The van der Waals surface area contributed by atoms with Gasteiger partial charge in [0, 0.05) is 25.8 Å². The van der Waals surface area contributed by atoms with Crippen molar-refractivity contribution < 1.29 is 78.0 Å². The van der Waals surface area contributed by atoms with E-state index in [0.717, 1.165) is 0 Å². The van der Waals surface area contributed by atoms with E-state index in [9.17, 15) is 72.9 Å². The number of hydrogen-bond acceptors (Lipinski definition) is 14. The molecule has 0 bridgehead atoms. The van der Waals surface area contributed by atoms with Crippen LogP contribution in [-0.2, 0) is 64.0 Å². The fraction of sp³-hybridized carbons (Fsp3) is 0.568. The van der Waals surface area contributed by atoms with Crippen molar-refractivity contribution in [2.45, 2.75) is 147 Å². The third kappa shape index (κ3) is 24.6. The highest BCUT2D eigenvalue weighted by Crippen LogP contribution is 2.11. The summed E-state index contributed by atoms with van der Waals surface area (Å²) in [6, 6.07) is -5.08. The number of aliphatic carboxylic acids is 4. The van der Waals surface area contributed by atoms with Crippen LogP contribution in [0.1, 0.15) is 91.5 Å². The van der Waals surface area contributed by atoms with Crippen molar-refractivity contribution in [2.24, 2.45) is 28.1 Å². The van der Waals surface area contributed by atoms with Gasteiger partial charge in [-0.3, -0.25) is 57.7 Å². The summed E-state index contributed by atoms with van der Waals surface area (Å²) in [5, 5.41) is 56.3. The van der Waals surface area contributed by atoms with Crippen LogP contribution in [-0.4, -0.2) is 158 Å². The van der Waals surface area contributed by atoms with E-state index < -0.39 is 158 Å². The topological polar surface area (TPSA) is 472 Å². The maximum atomic E-state index is 14.1. The average Bonchev–Trinajstić information content (AvgIpc) is 3.28. The summed E-state index contributed by atoms with van der Waals surface area (Å²) in [7, 11) is 0. The first-order chi connectivity index (χ1) is 33.6. The predicted molar refractivity (Wildman–Crippen MR) is 254 cm³/mol. The summed E-state index contributed by atoms with van der Waals surface area (Å²) < 4.78 is 0. The Balaban J connectivity index is 3.45. The number of hydrogen-bond donors (Lipinski definition) is 15. The van der Waals surface area contributed by atoms with Crippen molar-refractivity contribution in [3.05, 3.63) is 35.9 Å². The number of benzene rings is 1. The molecule has 28 heteroatoms. The van der Waals surface area contributed by atoms with Crippen LogP contribution in [0, 0.1) is 5.92 Å². The van der Waals surface area contributed by atoms with E-state index in [1.165, 1.54) is 20.8 Å². The maximum absolute atomic E-state index is 14.1. The van der Waals surface area contributed by atoms with E-state index in [1.54, 1.807) is 44.2 Å². The molecule has 400 valence electrons. The van der Waals surface area contributed by atoms with Gasteiger partial charge in [0.05, 0.1) is 12.5 Å². The van der Waals surface area contributed by atoms with Gasteiger partial charge in [-0.25, -0.2) is 4.79 Å². The fourth-order valence-electron chi connectivity index (χ4n) is 6.45. The van der Waals surface area contributed by atoms with Gasteiger partial charge in [-0.1, -0.05) is 44.2 Å². The summed E-state index contributed by atoms with van der Waals surface area (Å²) in [6.45, 7) is 7.33. The highest BCUT2D eigenvalue weighted by Gasteiger charge is 2.35. The number of carbonyl (C=O) groups is 12. The Kier molecular flexibility index (Phi) is 27.0. The number of carboxylic acids is 4. The molecule has 72 heavy (non-hydrogen) atoms. The molecule has 0 saturated carbocycles. The lowest BCUT2D eigenvalue weighted by Crippen LogP contribution is -2.60. The molecule has 28 nitrogen and oxygen atoms in total. The molecule has 1 aromatic rings. The molecule has 1 aromatic carbocycles. The lowest BCUT2D eigenvalue weighted by Gasteiger charge is -2.28. The first kappa shape index (κ1) is 62.1. The summed E-state index contributed by atoms with van der Waals surface area (Å²) in [6.07, 6.45) is -3.72. The molecule has 0 fully saturated rings. The van der Waals surface area contributed by atoms with Crippen molar-refractivity contribution in [2.75, 3.05) is 6.54 Å². The summed E-state index contributed by atoms with van der Waals surface area (Å²) in [5.41, 5.74) is 16.9. The number of nitrogens with zero attached hydrogens (tertiary/aromatic N) is 1. The number of carboxylic acid groups (broad SMARTS) is 4. The summed E-state index contributed by atoms with van der Waals surface area (Å²) >= 11 is 0. The van der Waals surface area contributed by atoms with E-state index in [-0.39, 0.29) is 44.1 Å². The number of amides is 8. The third-order valence-electron chi connectivity index (χ3n) is 10.3. The molecule has 0 aliphatic carbocycles. The van der Waals surface area contributed by atoms with Crippen molar-refractivity contribution in [1.29, 1.82) is 0 Å². The van der Waals surface area contributed by atoms with Gasteiger partial charge in [0.15, 0.2) is 5.96 Å². The normalized spacial score (nSPS) is 14.6. The Hall–Kier alpha value is -7.91. The minimum atomic E-state index is -1.95. The zero-order valence-electron chi connectivity index (χ0n) is 40.6. The molecule has 0 aliphatic rings. The van der Waals surface area contributed by atoms with Crippen LogP contribution < -0.4 is 59.7 Å². The van der Waals surface area contributed by atoms with Crippen LogP contribution >= 0.6 is 0 Å². The SMILES string of the molecule is CC(C)C[C@H](NC(=O)[C@H](C)NC(=O)[C@H](CCCN=C(N)N)NC(=O)[C@H](CCC(=O)O)NC(=O)[C@H](C)NC(=O)[C@H](C)N)C(=O)N[C@@H](Cc1ccccc1)C(=O)N[C@@H](CCC(=O)O)C(=O)N[C@@H](CC(=O)O)C(=O)O. The molecule has 0 radical (unpaired) electrons. The van der Waals surface area contributed by atoms with E-state index in [2.05, 4.69) is 42.2 Å².